The van der Waals surface area contributed by atoms with Crippen LogP contribution in [0.2, 0.25) is 5.02 Å². The average molecular weight is 465 g/mol. The van der Waals surface area contributed by atoms with Gasteiger partial charge < -0.3 is 15.8 Å². The Bertz CT molecular complexity index is 1240. The lowest BCUT2D eigenvalue weighted by molar-refractivity contribution is -0.524. The number of nitrogens with one attached hydrogen (secondary N) is 2. The van der Waals surface area contributed by atoms with Crippen LogP contribution in [0.3, 0.4) is 0 Å². The summed E-state index contributed by atoms with van der Waals surface area (Å²) in [6.45, 7) is 3.94. The Kier molecular flexibility index (Phi) is 6.74. The first-order valence-electron chi connectivity index (χ1n) is 10.7. The molecule has 2 aromatic carbocycles. The minimum atomic E-state index is -1.05. The largest absolute Gasteiger partial charge is 0.374 e. The molecule has 1 atom stereocenters. The molecule has 4 N–H and O–H groups in total. The van der Waals surface area contributed by atoms with E-state index in [1.54, 1.807) is 20.0 Å². The fraction of sp³-hybridized carbons (Fsp3) is 0.240. The standard InChI is InChI=1S/C25H26ClN5O2/c1-25(2,27)24(32)28-21(16-33-15-17-9-5-3-6-10-17)23-30-29-22-20(13-19(26)14-31(22)23)18-11-7-4-8-12-18/h3-14,21H,15-16,27H2,1-2H3,(H,28,32)/p+1/t21-/m1/s1. The van der Waals surface area contributed by atoms with Crippen molar-refractivity contribution in [2.75, 3.05) is 6.61 Å². The molecule has 0 aliphatic rings. The number of benzene rings is 2. The van der Waals surface area contributed by atoms with E-state index in [9.17, 15) is 4.79 Å². The molecule has 170 valence electrons. The number of carbonyl (C=O) groups excluding carboxylic acids is 1. The molecule has 2 aromatic heterocycles. The van der Waals surface area contributed by atoms with Gasteiger partial charge in [-0.05, 0) is 31.0 Å². The van der Waals surface area contributed by atoms with E-state index < -0.39 is 11.6 Å². The fourth-order valence-electron chi connectivity index (χ4n) is 3.49. The molecule has 7 nitrogen and oxygen atoms in total. The Labute approximate surface area is 197 Å². The van der Waals surface area contributed by atoms with Crippen molar-refractivity contribution in [1.82, 2.24) is 15.5 Å². The SMILES string of the molecule is CC(C)(N)C(=O)N[C@H](COCc1ccccc1)c1[nH]nc2c(-c3ccccc3)cc(Cl)c[n+]12. The van der Waals surface area contributed by atoms with Gasteiger partial charge in [0.05, 0.1) is 35.5 Å². The molecular weight excluding hydrogens is 438 g/mol. The summed E-state index contributed by atoms with van der Waals surface area (Å²) in [5, 5.41) is 11.1. The number of aromatic nitrogens is 3. The van der Waals surface area contributed by atoms with Crippen molar-refractivity contribution in [3.05, 3.63) is 89.3 Å². The van der Waals surface area contributed by atoms with Crippen molar-refractivity contribution < 1.29 is 13.9 Å². The third-order valence-corrected chi connectivity index (χ3v) is 5.45. The van der Waals surface area contributed by atoms with Crippen molar-refractivity contribution in [1.29, 1.82) is 0 Å². The van der Waals surface area contributed by atoms with E-state index in [0.29, 0.717) is 23.1 Å². The summed E-state index contributed by atoms with van der Waals surface area (Å²) in [7, 11) is 0. The number of hydrogen-bond acceptors (Lipinski definition) is 4. The van der Waals surface area contributed by atoms with Crippen molar-refractivity contribution in [3.63, 3.8) is 0 Å². The molecule has 1 amide bonds. The molecule has 0 unspecified atom stereocenters. The molecule has 8 heteroatoms. The Morgan fingerprint density at radius 2 is 1.85 bits per heavy atom. The molecule has 2 heterocycles. The highest BCUT2D eigenvalue weighted by Crippen LogP contribution is 2.25. The topological polar surface area (TPSA) is 97.1 Å². The molecule has 0 spiro atoms. The van der Waals surface area contributed by atoms with Crippen LogP contribution in [-0.4, -0.2) is 28.3 Å². The number of halogens is 1. The lowest BCUT2D eigenvalue weighted by Crippen LogP contribution is -2.51. The van der Waals surface area contributed by atoms with Crippen LogP contribution in [0.4, 0.5) is 0 Å². The summed E-state index contributed by atoms with van der Waals surface area (Å²) in [4.78, 5) is 12.7. The number of nitrogens with zero attached hydrogens (tertiary/aromatic N) is 2. The molecule has 4 aromatic rings. The van der Waals surface area contributed by atoms with Crippen molar-refractivity contribution in [2.24, 2.45) is 5.73 Å². The smallest absolute Gasteiger partial charge is 0.314 e. The third-order valence-electron chi connectivity index (χ3n) is 5.24. The summed E-state index contributed by atoms with van der Waals surface area (Å²) in [5.41, 5.74) is 8.57. The predicted molar refractivity (Wildman–Crippen MR) is 127 cm³/mol. The number of aromatic amines is 1. The van der Waals surface area contributed by atoms with E-state index in [1.165, 1.54) is 0 Å². The van der Waals surface area contributed by atoms with Crippen molar-refractivity contribution in [3.8, 4) is 11.1 Å². The normalized spacial score (nSPS) is 12.6. The molecule has 0 aliphatic carbocycles. The van der Waals surface area contributed by atoms with Gasteiger partial charge in [-0.25, -0.2) is 0 Å². The number of hydrogen-bond donors (Lipinski definition) is 3. The first-order valence-corrected chi connectivity index (χ1v) is 11.1. The Hall–Kier alpha value is -3.26. The molecule has 0 saturated carbocycles. The number of carbonyl (C=O) groups is 1. The van der Waals surface area contributed by atoms with Crippen LogP contribution in [0.15, 0.2) is 72.9 Å². The van der Waals surface area contributed by atoms with E-state index in [2.05, 4.69) is 15.5 Å². The van der Waals surface area contributed by atoms with Gasteiger partial charge in [0.15, 0.2) is 0 Å². The molecule has 4 rings (SSSR count). The zero-order valence-electron chi connectivity index (χ0n) is 18.6. The Balaban J connectivity index is 1.69. The van der Waals surface area contributed by atoms with Gasteiger partial charge in [0.1, 0.15) is 6.04 Å². The first-order chi connectivity index (χ1) is 15.8. The van der Waals surface area contributed by atoms with Crippen LogP contribution >= 0.6 is 11.6 Å². The number of fused-ring (bicyclic) bond motifs is 1. The van der Waals surface area contributed by atoms with Gasteiger partial charge in [0.2, 0.25) is 5.91 Å². The second kappa shape index (κ2) is 9.70. The van der Waals surface area contributed by atoms with Gasteiger partial charge in [-0.3, -0.25) is 4.79 Å². The first kappa shape index (κ1) is 22.9. The van der Waals surface area contributed by atoms with Crippen LogP contribution in [0.1, 0.15) is 31.3 Å². The predicted octanol–water partition coefficient (Wildman–Crippen LogP) is 3.58. The van der Waals surface area contributed by atoms with Gasteiger partial charge in [-0.1, -0.05) is 72.3 Å². The maximum absolute atomic E-state index is 12.7. The lowest BCUT2D eigenvalue weighted by atomic mass is 10.1. The summed E-state index contributed by atoms with van der Waals surface area (Å²) >= 11 is 6.47. The van der Waals surface area contributed by atoms with Crippen LogP contribution < -0.4 is 15.5 Å². The zero-order valence-corrected chi connectivity index (χ0v) is 19.3. The second-order valence-electron chi connectivity index (χ2n) is 8.49. The molecule has 0 fully saturated rings. The molecule has 33 heavy (non-hydrogen) atoms. The van der Waals surface area contributed by atoms with Crippen LogP contribution in [0, 0.1) is 0 Å². The average Bonchev–Trinajstić information content (AvgIpc) is 3.22. The number of H-pyrrole nitrogens is 1. The highest BCUT2D eigenvalue weighted by atomic mass is 35.5. The summed E-state index contributed by atoms with van der Waals surface area (Å²) in [6, 6.07) is 21.1. The summed E-state index contributed by atoms with van der Waals surface area (Å²) in [5.74, 6) is 0.333. The minimum absolute atomic E-state index is 0.216. The molecular formula is C25H27ClN5O2+. The van der Waals surface area contributed by atoms with Gasteiger partial charge in [0.25, 0.3) is 5.82 Å². The highest BCUT2D eigenvalue weighted by molar-refractivity contribution is 6.30. The quantitative estimate of drug-likeness (QED) is 0.347. The van der Waals surface area contributed by atoms with E-state index >= 15 is 0 Å². The van der Waals surface area contributed by atoms with Crippen LogP contribution in [0.25, 0.3) is 16.8 Å². The van der Waals surface area contributed by atoms with E-state index in [-0.39, 0.29) is 12.5 Å². The minimum Gasteiger partial charge on any atom is -0.374 e. The number of ether oxygens (including phenoxy) is 1. The summed E-state index contributed by atoms with van der Waals surface area (Å²) < 4.78 is 7.82. The van der Waals surface area contributed by atoms with E-state index in [1.807, 2.05) is 71.1 Å². The fourth-order valence-corrected chi connectivity index (χ4v) is 3.70. The lowest BCUT2D eigenvalue weighted by Gasteiger charge is -2.22. The molecule has 0 saturated heterocycles. The molecule has 0 radical (unpaired) electrons. The monoisotopic (exact) mass is 464 g/mol. The highest BCUT2D eigenvalue weighted by Gasteiger charge is 2.31. The molecule has 0 bridgehead atoms. The van der Waals surface area contributed by atoms with Crippen molar-refractivity contribution in [2.45, 2.75) is 32.0 Å². The van der Waals surface area contributed by atoms with Gasteiger partial charge >= 0.3 is 5.65 Å². The van der Waals surface area contributed by atoms with Gasteiger partial charge in [-0.15, -0.1) is 5.10 Å². The number of nitrogens with two attached hydrogens (primary N) is 1. The number of rotatable bonds is 8. The van der Waals surface area contributed by atoms with Gasteiger partial charge in [0, 0.05) is 5.10 Å². The maximum Gasteiger partial charge on any atom is 0.314 e. The zero-order chi connectivity index (χ0) is 23.4. The van der Waals surface area contributed by atoms with Crippen LogP contribution in [-0.2, 0) is 16.1 Å². The molecule has 0 aliphatic heterocycles. The third kappa shape index (κ3) is 5.39. The van der Waals surface area contributed by atoms with Crippen LogP contribution in [0.5, 0.6) is 0 Å². The van der Waals surface area contributed by atoms with Gasteiger partial charge in [-0.2, -0.15) is 4.40 Å². The Morgan fingerprint density at radius 1 is 1.18 bits per heavy atom. The second-order valence-corrected chi connectivity index (χ2v) is 8.93. The Morgan fingerprint density at radius 3 is 2.52 bits per heavy atom. The summed E-state index contributed by atoms with van der Waals surface area (Å²) in [6.07, 6.45) is 1.77. The van der Waals surface area contributed by atoms with E-state index in [0.717, 1.165) is 16.7 Å². The number of amides is 1. The maximum atomic E-state index is 12.7. The van der Waals surface area contributed by atoms with E-state index in [4.69, 9.17) is 22.1 Å². The number of pyridine rings is 1. The van der Waals surface area contributed by atoms with Crippen molar-refractivity contribution >= 4 is 23.2 Å².